The quantitative estimate of drug-likeness (QED) is 0.499. The Labute approximate surface area is 158 Å². The zero-order valence-corrected chi connectivity index (χ0v) is 15.6. The molecular formula is C22H21N5. The van der Waals surface area contributed by atoms with Crippen molar-refractivity contribution in [1.82, 2.24) is 24.6 Å². The number of hydrogen-bond acceptors (Lipinski definition) is 4. The Morgan fingerprint density at radius 2 is 2.04 bits per heavy atom. The number of fused-ring (bicyclic) bond motifs is 2. The first-order chi connectivity index (χ1) is 13.1. The van der Waals surface area contributed by atoms with Gasteiger partial charge in [-0.1, -0.05) is 24.3 Å². The molecule has 0 aliphatic rings. The fourth-order valence-corrected chi connectivity index (χ4v) is 3.01. The maximum atomic E-state index is 4.76. The van der Waals surface area contributed by atoms with Gasteiger partial charge < -0.3 is 0 Å². The van der Waals surface area contributed by atoms with E-state index < -0.39 is 0 Å². The van der Waals surface area contributed by atoms with E-state index >= 15 is 0 Å². The van der Waals surface area contributed by atoms with Crippen LogP contribution in [0.4, 0.5) is 0 Å². The summed E-state index contributed by atoms with van der Waals surface area (Å²) >= 11 is 0. The van der Waals surface area contributed by atoms with E-state index in [1.807, 2.05) is 41.9 Å². The average molecular weight is 355 g/mol. The largest absolute Gasteiger partial charge is 0.237 e. The van der Waals surface area contributed by atoms with E-state index in [1.54, 1.807) is 6.20 Å². The standard InChI is InChI=1S/C22H21N5/c1-15(2)6-10-19-16(3)12-14-27-22(19)25-20(26-27)11-9-18-8-7-17-5-4-13-23-21(17)24-18/h4-8,10,12-14H,1,9,11H2,2-3H3/b10-6-. The minimum atomic E-state index is 0.732. The Balaban J connectivity index is 1.60. The van der Waals surface area contributed by atoms with Crippen LogP contribution in [0.3, 0.4) is 0 Å². The third kappa shape index (κ3) is 3.62. The number of allylic oxidation sites excluding steroid dienone is 2. The summed E-state index contributed by atoms with van der Waals surface area (Å²) in [6.07, 6.45) is 9.29. The molecule has 4 aromatic rings. The molecule has 0 amide bonds. The number of aromatic nitrogens is 5. The number of rotatable bonds is 5. The Hall–Kier alpha value is -3.34. The van der Waals surface area contributed by atoms with Crippen LogP contribution in [0.1, 0.15) is 29.6 Å². The van der Waals surface area contributed by atoms with Crippen LogP contribution in [0.2, 0.25) is 0 Å². The van der Waals surface area contributed by atoms with E-state index in [-0.39, 0.29) is 0 Å². The molecule has 4 rings (SSSR count). The van der Waals surface area contributed by atoms with Gasteiger partial charge in [-0.2, -0.15) is 5.10 Å². The van der Waals surface area contributed by atoms with Crippen molar-refractivity contribution in [3.63, 3.8) is 0 Å². The highest BCUT2D eigenvalue weighted by Gasteiger charge is 2.10. The SMILES string of the molecule is C=C(C)/C=C\c1c(C)ccn2nc(CCc3ccc4cccnc4n3)nc12. The molecule has 5 heteroatoms. The summed E-state index contributed by atoms with van der Waals surface area (Å²) in [7, 11) is 0. The normalized spacial score (nSPS) is 11.6. The second-order valence-electron chi connectivity index (χ2n) is 6.74. The summed E-state index contributed by atoms with van der Waals surface area (Å²) in [6.45, 7) is 7.99. The van der Waals surface area contributed by atoms with Crippen LogP contribution >= 0.6 is 0 Å². The molecule has 0 aromatic carbocycles. The van der Waals surface area contributed by atoms with Crippen LogP contribution in [-0.2, 0) is 12.8 Å². The zero-order valence-electron chi connectivity index (χ0n) is 15.6. The van der Waals surface area contributed by atoms with Crippen LogP contribution in [0, 0.1) is 6.92 Å². The molecule has 0 aliphatic carbocycles. The summed E-state index contributed by atoms with van der Waals surface area (Å²) in [4.78, 5) is 13.7. The molecule has 0 spiro atoms. The molecule has 5 nitrogen and oxygen atoms in total. The van der Waals surface area contributed by atoms with Gasteiger partial charge in [0.05, 0.1) is 0 Å². The van der Waals surface area contributed by atoms with Crippen molar-refractivity contribution in [3.8, 4) is 0 Å². The molecule has 27 heavy (non-hydrogen) atoms. The first kappa shape index (κ1) is 17.1. The Kier molecular flexibility index (Phi) is 4.50. The van der Waals surface area contributed by atoms with Crippen LogP contribution in [0.15, 0.2) is 61.0 Å². The molecular weight excluding hydrogens is 334 g/mol. The van der Waals surface area contributed by atoms with Crippen molar-refractivity contribution in [3.05, 3.63) is 83.6 Å². The van der Waals surface area contributed by atoms with E-state index in [0.717, 1.165) is 52.2 Å². The van der Waals surface area contributed by atoms with Gasteiger partial charge in [0.1, 0.15) is 0 Å². The van der Waals surface area contributed by atoms with Crippen molar-refractivity contribution in [2.45, 2.75) is 26.7 Å². The molecule has 0 atom stereocenters. The van der Waals surface area contributed by atoms with Gasteiger partial charge in [0.15, 0.2) is 17.1 Å². The van der Waals surface area contributed by atoms with Crippen LogP contribution in [0.25, 0.3) is 22.8 Å². The fourth-order valence-electron chi connectivity index (χ4n) is 3.01. The summed E-state index contributed by atoms with van der Waals surface area (Å²) in [6, 6.07) is 10.1. The Bertz CT molecular complexity index is 1170. The first-order valence-electron chi connectivity index (χ1n) is 8.99. The number of pyridine rings is 3. The van der Waals surface area contributed by atoms with Crippen molar-refractivity contribution in [2.75, 3.05) is 0 Å². The lowest BCUT2D eigenvalue weighted by atomic mass is 10.1. The Morgan fingerprint density at radius 3 is 2.89 bits per heavy atom. The van der Waals surface area contributed by atoms with E-state index in [4.69, 9.17) is 4.98 Å². The van der Waals surface area contributed by atoms with Gasteiger partial charge in [-0.3, -0.25) is 0 Å². The Morgan fingerprint density at radius 1 is 1.15 bits per heavy atom. The summed E-state index contributed by atoms with van der Waals surface area (Å²) in [5.74, 6) is 0.813. The zero-order chi connectivity index (χ0) is 18.8. The number of nitrogens with zero attached hydrogens (tertiary/aromatic N) is 5. The summed E-state index contributed by atoms with van der Waals surface area (Å²) in [5, 5.41) is 5.68. The van der Waals surface area contributed by atoms with Gasteiger partial charge in [0.2, 0.25) is 0 Å². The molecule has 0 radical (unpaired) electrons. The lowest BCUT2D eigenvalue weighted by Crippen LogP contribution is -1.97. The molecule has 0 saturated heterocycles. The molecule has 0 bridgehead atoms. The fraction of sp³-hybridized carbons (Fsp3) is 0.182. The third-order valence-corrected chi connectivity index (χ3v) is 4.47. The van der Waals surface area contributed by atoms with Crippen LogP contribution < -0.4 is 0 Å². The average Bonchev–Trinajstić information content (AvgIpc) is 3.08. The lowest BCUT2D eigenvalue weighted by molar-refractivity contribution is 0.822. The maximum absolute atomic E-state index is 4.76. The monoisotopic (exact) mass is 355 g/mol. The summed E-state index contributed by atoms with van der Waals surface area (Å²) < 4.78 is 1.84. The molecule has 0 N–H and O–H groups in total. The predicted molar refractivity (Wildman–Crippen MR) is 109 cm³/mol. The van der Waals surface area contributed by atoms with Gasteiger partial charge >= 0.3 is 0 Å². The highest BCUT2D eigenvalue weighted by atomic mass is 15.3. The van der Waals surface area contributed by atoms with E-state index in [0.29, 0.717) is 0 Å². The summed E-state index contributed by atoms with van der Waals surface area (Å²) in [5.41, 5.74) is 5.90. The van der Waals surface area contributed by atoms with Gasteiger partial charge in [-0.25, -0.2) is 19.5 Å². The van der Waals surface area contributed by atoms with Crippen molar-refractivity contribution < 1.29 is 0 Å². The van der Waals surface area contributed by atoms with Gasteiger partial charge in [-0.15, -0.1) is 0 Å². The topological polar surface area (TPSA) is 56.0 Å². The van der Waals surface area contributed by atoms with Crippen molar-refractivity contribution >= 4 is 22.8 Å². The van der Waals surface area contributed by atoms with Gasteiger partial charge in [-0.05, 0) is 56.2 Å². The van der Waals surface area contributed by atoms with E-state index in [2.05, 4.69) is 46.8 Å². The highest BCUT2D eigenvalue weighted by Crippen LogP contribution is 2.18. The van der Waals surface area contributed by atoms with Gasteiger partial charge in [0, 0.05) is 35.5 Å². The lowest BCUT2D eigenvalue weighted by Gasteiger charge is -2.01. The first-order valence-corrected chi connectivity index (χ1v) is 8.99. The maximum Gasteiger partial charge on any atom is 0.163 e. The second-order valence-corrected chi connectivity index (χ2v) is 6.74. The van der Waals surface area contributed by atoms with Crippen LogP contribution in [0.5, 0.6) is 0 Å². The molecule has 0 fully saturated rings. The highest BCUT2D eigenvalue weighted by molar-refractivity contribution is 5.74. The number of hydrogen-bond donors (Lipinski definition) is 0. The van der Waals surface area contributed by atoms with Gasteiger partial charge in [0.25, 0.3) is 0 Å². The second kappa shape index (κ2) is 7.11. The molecule has 0 aliphatic heterocycles. The predicted octanol–water partition coefficient (Wildman–Crippen LogP) is 4.36. The smallest absolute Gasteiger partial charge is 0.163 e. The molecule has 0 unspecified atom stereocenters. The number of aryl methyl sites for hydroxylation is 3. The molecule has 4 aromatic heterocycles. The van der Waals surface area contributed by atoms with Crippen molar-refractivity contribution in [2.24, 2.45) is 0 Å². The van der Waals surface area contributed by atoms with E-state index in [1.165, 1.54) is 5.56 Å². The van der Waals surface area contributed by atoms with Crippen LogP contribution in [-0.4, -0.2) is 24.6 Å². The van der Waals surface area contributed by atoms with E-state index in [9.17, 15) is 0 Å². The van der Waals surface area contributed by atoms with Crippen molar-refractivity contribution in [1.29, 1.82) is 0 Å². The molecule has 134 valence electrons. The minimum Gasteiger partial charge on any atom is -0.237 e. The minimum absolute atomic E-state index is 0.732. The third-order valence-electron chi connectivity index (χ3n) is 4.47. The molecule has 0 saturated carbocycles. The molecule has 4 heterocycles.